The van der Waals surface area contributed by atoms with Crippen LogP contribution >= 0.6 is 7.82 Å². The lowest BCUT2D eigenvalue weighted by molar-refractivity contribution is -0.360. The first-order valence-electron chi connectivity index (χ1n) is 45.9. The molecule has 2 saturated heterocycles. The van der Waals surface area contributed by atoms with Crippen LogP contribution in [0.3, 0.4) is 0 Å². The van der Waals surface area contributed by atoms with E-state index >= 15 is 0 Å². The highest BCUT2D eigenvalue weighted by molar-refractivity contribution is 7.47. The van der Waals surface area contributed by atoms with E-state index in [0.717, 1.165) is 128 Å². The van der Waals surface area contributed by atoms with Crippen LogP contribution in [0.1, 0.15) is 394 Å². The lowest BCUT2D eigenvalue weighted by Crippen LogP contribution is -2.70. The molecule has 0 amide bonds. The van der Waals surface area contributed by atoms with Gasteiger partial charge in [0.05, 0.1) is 13.2 Å². The number of unbranched alkanes of at least 4 members (excludes halogenated alkanes) is 48. The van der Waals surface area contributed by atoms with Gasteiger partial charge in [-0.2, -0.15) is 0 Å². The van der Waals surface area contributed by atoms with E-state index in [1.165, 1.54) is 180 Å². The Morgan fingerprint density at radius 3 is 1.05 bits per heavy atom. The molecule has 18 atom stereocenters. The minimum Gasteiger partial charge on any atom is -0.463 e. The van der Waals surface area contributed by atoms with Crippen molar-refractivity contribution in [2.75, 3.05) is 26.4 Å². The zero-order valence-corrected chi connectivity index (χ0v) is 72.0. The average Bonchev–Trinajstić information content (AvgIpc) is 0.755. The number of aliphatic hydroxyl groups is 9. The first-order valence-corrected chi connectivity index (χ1v) is 47.4. The molecule has 0 aromatic carbocycles. The summed E-state index contributed by atoms with van der Waals surface area (Å²) in [6.07, 6.45) is 25.1. The van der Waals surface area contributed by atoms with Crippen molar-refractivity contribution in [3.63, 3.8) is 0 Å². The van der Waals surface area contributed by atoms with Crippen molar-refractivity contribution in [3.05, 3.63) is 12.2 Å². The third-order valence-electron chi connectivity index (χ3n) is 22.5. The molecule has 3 fully saturated rings. The van der Waals surface area contributed by atoms with Crippen LogP contribution in [-0.2, 0) is 70.7 Å². The molecule has 114 heavy (non-hydrogen) atoms. The number of ether oxygens (including phenoxy) is 8. The summed E-state index contributed by atoms with van der Waals surface area (Å²) in [6.45, 7) is 5.57. The maximum atomic E-state index is 14.9. The number of esters is 4. The van der Waals surface area contributed by atoms with E-state index in [0.29, 0.717) is 32.1 Å². The van der Waals surface area contributed by atoms with Gasteiger partial charge in [0.2, 0.25) is 0 Å². The van der Waals surface area contributed by atoms with Crippen LogP contribution in [0.5, 0.6) is 0 Å². The van der Waals surface area contributed by atoms with Gasteiger partial charge in [-0.05, 0) is 51.4 Å². The quantitative estimate of drug-likeness (QED) is 0.00889. The Hall–Kier alpha value is -2.79. The Balaban J connectivity index is 1.93. The second-order valence-corrected chi connectivity index (χ2v) is 34.2. The smallest absolute Gasteiger partial charge is 0.463 e. The summed E-state index contributed by atoms with van der Waals surface area (Å²) in [5, 5.41) is 102. The van der Waals surface area contributed by atoms with Gasteiger partial charge in [0.25, 0.3) is 0 Å². The summed E-state index contributed by atoms with van der Waals surface area (Å²) in [4.78, 5) is 66.3. The third kappa shape index (κ3) is 48.0. The number of rotatable bonds is 74. The Kier molecular flexibility index (Phi) is 62.7. The number of phosphoric ester groups is 1. The fourth-order valence-electron chi connectivity index (χ4n) is 15.2. The molecule has 0 aromatic rings. The number of hydrogen-bond acceptors (Lipinski definition) is 24. The van der Waals surface area contributed by atoms with Crippen LogP contribution in [0.15, 0.2) is 12.2 Å². The number of carbonyl (C=O) groups is 4. The number of hydrogen-bond donors (Lipinski definition) is 10. The predicted molar refractivity (Wildman–Crippen MR) is 440 cm³/mol. The lowest BCUT2D eigenvalue weighted by atomic mass is 9.84. The molecule has 1 aliphatic carbocycles. The molecule has 0 aromatic heterocycles. The molecule has 670 valence electrons. The molecule has 25 nitrogen and oxygen atoms in total. The van der Waals surface area contributed by atoms with Crippen LogP contribution in [-0.4, -0.2) is 205 Å². The summed E-state index contributed by atoms with van der Waals surface area (Å²) in [6, 6.07) is 0. The Morgan fingerprint density at radius 2 is 0.658 bits per heavy atom. The summed E-state index contributed by atoms with van der Waals surface area (Å²) in [5.41, 5.74) is 0. The predicted octanol–water partition coefficient (Wildman–Crippen LogP) is 16.4. The van der Waals surface area contributed by atoms with Gasteiger partial charge in [-0.3, -0.25) is 28.2 Å². The van der Waals surface area contributed by atoms with Gasteiger partial charge in [-0.1, -0.05) is 329 Å². The van der Waals surface area contributed by atoms with Gasteiger partial charge in [-0.25, -0.2) is 4.57 Å². The van der Waals surface area contributed by atoms with Crippen molar-refractivity contribution in [3.8, 4) is 0 Å². The molecule has 3 rings (SSSR count). The summed E-state index contributed by atoms with van der Waals surface area (Å²) in [7, 11) is -5.80. The van der Waals surface area contributed by atoms with Gasteiger partial charge in [0.15, 0.2) is 24.8 Å². The Labute approximate surface area is 686 Å². The van der Waals surface area contributed by atoms with Gasteiger partial charge in [-0.15, -0.1) is 0 Å². The van der Waals surface area contributed by atoms with Crippen LogP contribution in [0.25, 0.3) is 0 Å². The summed E-state index contributed by atoms with van der Waals surface area (Å²) < 4.78 is 73.3. The number of carbonyl (C=O) groups excluding carboxylic acids is 4. The van der Waals surface area contributed by atoms with Crippen LogP contribution < -0.4 is 0 Å². The van der Waals surface area contributed by atoms with Crippen molar-refractivity contribution in [2.45, 2.75) is 498 Å². The monoisotopic (exact) mass is 1650 g/mol. The Morgan fingerprint density at radius 1 is 0.342 bits per heavy atom. The second kappa shape index (κ2) is 67.8. The largest absolute Gasteiger partial charge is 0.472 e. The molecular weight excluding hydrogens is 1490 g/mol. The van der Waals surface area contributed by atoms with Gasteiger partial charge < -0.3 is 88.7 Å². The molecular formula is C88H163O25P. The van der Waals surface area contributed by atoms with Crippen LogP contribution in [0.2, 0.25) is 0 Å². The molecule has 1 saturated carbocycles. The molecule has 0 radical (unpaired) electrons. The number of aliphatic hydroxyl groups excluding tert-OH is 9. The SMILES string of the molecule is CCCCCCCC/C=C\CCCCCC(=O)OCC(COP(=O)(O)OC1C(OC2OC(CO)C(O)C(O)C2O)C(O)C(O)C(OC(=O)CCCCCCCCCCCCCCC)C1OC1OC(COC(=O)CCCCCCCCCCCCCCC)C(O)C(O)C1O)OC(=O)CCCCCCCCCCCCCCCCCC. The summed E-state index contributed by atoms with van der Waals surface area (Å²) >= 11 is 0. The Bertz CT molecular complexity index is 2430. The zero-order valence-electron chi connectivity index (χ0n) is 71.1. The van der Waals surface area contributed by atoms with Crippen molar-refractivity contribution in [1.82, 2.24) is 0 Å². The van der Waals surface area contributed by atoms with Gasteiger partial charge in [0, 0.05) is 25.7 Å². The van der Waals surface area contributed by atoms with Crippen LogP contribution in [0, 0.1) is 0 Å². The molecule has 2 aliphatic heterocycles. The third-order valence-corrected chi connectivity index (χ3v) is 23.5. The highest BCUT2D eigenvalue weighted by atomic mass is 31.2. The van der Waals surface area contributed by atoms with Gasteiger partial charge in [0.1, 0.15) is 92.6 Å². The minimum absolute atomic E-state index is 0.0167. The van der Waals surface area contributed by atoms with Crippen molar-refractivity contribution in [1.29, 1.82) is 0 Å². The fourth-order valence-corrected chi connectivity index (χ4v) is 16.2. The second-order valence-electron chi connectivity index (χ2n) is 32.8. The van der Waals surface area contributed by atoms with Crippen molar-refractivity contribution >= 4 is 31.7 Å². The molecule has 0 bridgehead atoms. The topological polar surface area (TPSA) is 380 Å². The highest BCUT2D eigenvalue weighted by Gasteiger charge is 2.60. The molecule has 3 aliphatic rings. The standard InChI is InChI=1S/C88H163O25P/c1-5-9-13-17-21-25-29-33-34-35-39-43-46-50-54-58-62-73(92)107-68(65-104-71(90)60-56-52-48-44-40-36-30-26-22-18-14-10-6-2)66-106-114(102,103)113-86-84(111-87-81(100)77(96)75(94)69(64-89)108-87)80(99)79(98)83(110-74(93)63-59-55-51-47-42-38-32-28-24-20-16-12-8-4)85(86)112-88-82(101)78(97)76(95)70(109-88)67-105-72(91)61-57-53-49-45-41-37-31-27-23-19-15-11-7-3/h36,40,68-70,75-89,94-101H,5-35,37-39,41-67H2,1-4H3,(H,102,103)/b40-36-. The maximum Gasteiger partial charge on any atom is 0.472 e. The number of allylic oxidation sites excluding steroid dienone is 2. The van der Waals surface area contributed by atoms with E-state index in [1.54, 1.807) is 0 Å². The fraction of sp³-hybridized carbons (Fsp3) is 0.932. The normalized spacial score (nSPS) is 25.4. The maximum absolute atomic E-state index is 14.9. The molecule has 26 heteroatoms. The van der Waals surface area contributed by atoms with E-state index in [2.05, 4.69) is 39.8 Å². The lowest BCUT2D eigenvalue weighted by Gasteiger charge is -2.50. The molecule has 0 spiro atoms. The van der Waals surface area contributed by atoms with E-state index in [-0.39, 0.29) is 25.7 Å². The number of phosphoric acid groups is 1. The first kappa shape index (κ1) is 105. The molecule has 2 heterocycles. The van der Waals surface area contributed by atoms with Gasteiger partial charge >= 0.3 is 31.7 Å². The van der Waals surface area contributed by atoms with E-state index in [4.69, 9.17) is 46.9 Å². The van der Waals surface area contributed by atoms with E-state index in [9.17, 15) is 74.6 Å². The first-order chi connectivity index (χ1) is 55.2. The molecule has 10 N–H and O–H groups in total. The molecule has 18 unspecified atom stereocenters. The van der Waals surface area contributed by atoms with Crippen molar-refractivity contribution < 1.29 is 122 Å². The highest BCUT2D eigenvalue weighted by Crippen LogP contribution is 2.49. The summed E-state index contributed by atoms with van der Waals surface area (Å²) in [5.74, 6) is -2.97. The van der Waals surface area contributed by atoms with E-state index < -0.39 is 162 Å². The van der Waals surface area contributed by atoms with E-state index in [1.807, 2.05) is 0 Å². The zero-order chi connectivity index (χ0) is 83.2. The minimum atomic E-state index is -5.80. The average molecular weight is 1650 g/mol. The van der Waals surface area contributed by atoms with Crippen molar-refractivity contribution in [2.24, 2.45) is 0 Å². The van der Waals surface area contributed by atoms with Crippen LogP contribution in [0.4, 0.5) is 0 Å².